The van der Waals surface area contributed by atoms with Gasteiger partial charge >= 0.3 is 0 Å². The van der Waals surface area contributed by atoms with E-state index in [-0.39, 0.29) is 18.0 Å². The minimum absolute atomic E-state index is 0.00252. The summed E-state index contributed by atoms with van der Waals surface area (Å²) in [6.45, 7) is 3.75. The molecule has 7 rings (SSSR count). The second kappa shape index (κ2) is 8.70. The first kappa shape index (κ1) is 23.2. The van der Waals surface area contributed by atoms with Gasteiger partial charge in [-0.2, -0.15) is 5.26 Å². The van der Waals surface area contributed by atoms with Crippen LogP contribution in [0.2, 0.25) is 0 Å². The summed E-state index contributed by atoms with van der Waals surface area (Å²) < 4.78 is 14.5. The molecule has 1 aromatic heterocycles. The maximum absolute atomic E-state index is 14.5. The van der Waals surface area contributed by atoms with E-state index in [0.29, 0.717) is 60.3 Å². The second-order valence-corrected chi connectivity index (χ2v) is 11.2. The first-order valence-electron chi connectivity index (χ1n) is 12.9. The van der Waals surface area contributed by atoms with E-state index in [1.807, 2.05) is 22.8 Å². The van der Waals surface area contributed by atoms with Crippen molar-refractivity contribution in [2.24, 2.45) is 17.8 Å². The highest BCUT2D eigenvalue weighted by atomic mass is 19.1. The second-order valence-electron chi connectivity index (χ2n) is 11.2. The van der Waals surface area contributed by atoms with Crippen LogP contribution in [-0.2, 0) is 0 Å². The predicted octanol–water partition coefficient (Wildman–Crippen LogP) is 2.87. The Balaban J connectivity index is 1.13. The number of carbonyl (C=O) groups excluding carboxylic acids is 1. The molecule has 5 aliphatic rings. The van der Waals surface area contributed by atoms with E-state index in [1.165, 1.54) is 6.07 Å². The van der Waals surface area contributed by atoms with Crippen LogP contribution in [0.15, 0.2) is 30.5 Å². The Morgan fingerprint density at radius 3 is 2.67 bits per heavy atom. The number of aromatic nitrogens is 2. The van der Waals surface area contributed by atoms with Gasteiger partial charge in [-0.15, -0.1) is 0 Å². The van der Waals surface area contributed by atoms with Crippen molar-refractivity contribution in [3.05, 3.63) is 47.5 Å². The summed E-state index contributed by atoms with van der Waals surface area (Å²) in [5, 5.41) is 23.1. The van der Waals surface area contributed by atoms with E-state index < -0.39 is 11.4 Å². The quantitative estimate of drug-likeness (QED) is 0.679. The Kier molecular flexibility index (Phi) is 5.60. The van der Waals surface area contributed by atoms with E-state index in [1.54, 1.807) is 24.4 Å². The Hall–Kier alpha value is -3.25. The fourth-order valence-corrected chi connectivity index (χ4v) is 7.36. The summed E-state index contributed by atoms with van der Waals surface area (Å²) in [5.74, 6) is 1.17. The van der Waals surface area contributed by atoms with Crippen LogP contribution in [0.4, 0.5) is 16.0 Å². The molecule has 1 aliphatic heterocycles. The number of benzene rings is 1. The number of piperazine rings is 1. The standard InChI is InChI=1S/C27H31FN6O2/c1-16-15-33(23-3-2-17(14-29)10-21(23)28)6-7-34(16)26-30-5-4-22(31-26)25(35)32-24-19-8-18-9-20(24)13-27(36,11-18)12-19/h2-5,10,16,18-20,24,36H,6-9,11-13,15H2,1H3,(H,32,35)/t16-,18?,19?,20?,24?,27?/m0/s1. The van der Waals surface area contributed by atoms with Gasteiger partial charge in [0, 0.05) is 37.9 Å². The van der Waals surface area contributed by atoms with E-state index >= 15 is 0 Å². The fourth-order valence-electron chi connectivity index (χ4n) is 7.36. The van der Waals surface area contributed by atoms with Crippen LogP contribution in [0.5, 0.6) is 0 Å². The molecule has 2 aromatic rings. The van der Waals surface area contributed by atoms with Crippen molar-refractivity contribution in [3.8, 4) is 6.07 Å². The third kappa shape index (κ3) is 4.07. The van der Waals surface area contributed by atoms with Gasteiger partial charge in [-0.05, 0) is 81.0 Å². The number of aliphatic hydroxyl groups is 1. The van der Waals surface area contributed by atoms with Gasteiger partial charge in [0.2, 0.25) is 5.95 Å². The lowest BCUT2D eigenvalue weighted by Gasteiger charge is -2.58. The summed E-state index contributed by atoms with van der Waals surface area (Å²) >= 11 is 0. The summed E-state index contributed by atoms with van der Waals surface area (Å²) in [6.07, 6.45) is 6.26. The van der Waals surface area contributed by atoms with E-state index in [0.717, 1.165) is 32.1 Å². The van der Waals surface area contributed by atoms with Crippen molar-refractivity contribution in [2.45, 2.75) is 56.7 Å². The Bertz CT molecular complexity index is 1210. The maximum Gasteiger partial charge on any atom is 0.270 e. The van der Waals surface area contributed by atoms with Crippen molar-refractivity contribution >= 4 is 17.5 Å². The summed E-state index contributed by atoms with van der Waals surface area (Å²) in [6, 6.07) is 8.25. The smallest absolute Gasteiger partial charge is 0.270 e. The number of carbonyl (C=O) groups is 1. The molecule has 2 N–H and O–H groups in total. The topological polar surface area (TPSA) is 105 Å². The average Bonchev–Trinajstić information content (AvgIpc) is 2.85. The average molecular weight is 491 g/mol. The molecular formula is C27H31FN6O2. The maximum atomic E-state index is 14.5. The Morgan fingerprint density at radius 1 is 1.22 bits per heavy atom. The minimum Gasteiger partial charge on any atom is -0.390 e. The van der Waals surface area contributed by atoms with Crippen LogP contribution >= 0.6 is 0 Å². The molecule has 2 heterocycles. The van der Waals surface area contributed by atoms with Crippen LogP contribution in [0.25, 0.3) is 0 Å². The molecule has 4 saturated carbocycles. The number of nitrogens with one attached hydrogen (secondary N) is 1. The first-order chi connectivity index (χ1) is 17.3. The SMILES string of the molecule is C[C@H]1CN(c2ccc(C#N)cc2F)CCN1c1nccc(C(=O)NC2C3CC4CC2CC(O)(C4)C3)n1. The van der Waals surface area contributed by atoms with E-state index in [4.69, 9.17) is 5.26 Å². The molecule has 0 radical (unpaired) electrons. The largest absolute Gasteiger partial charge is 0.390 e. The van der Waals surface area contributed by atoms with E-state index in [2.05, 4.69) is 15.3 Å². The third-order valence-corrected chi connectivity index (χ3v) is 8.72. The lowest BCUT2D eigenvalue weighted by Crippen LogP contribution is -2.61. The highest BCUT2D eigenvalue weighted by Gasteiger charge is 2.55. The Labute approximate surface area is 210 Å². The third-order valence-electron chi connectivity index (χ3n) is 8.72. The van der Waals surface area contributed by atoms with Gasteiger partial charge in [0.05, 0.1) is 22.9 Å². The van der Waals surface area contributed by atoms with Gasteiger partial charge in [-0.3, -0.25) is 4.79 Å². The summed E-state index contributed by atoms with van der Waals surface area (Å²) in [7, 11) is 0. The zero-order chi connectivity index (χ0) is 25.0. The summed E-state index contributed by atoms with van der Waals surface area (Å²) in [4.78, 5) is 26.3. The molecule has 4 aliphatic carbocycles. The van der Waals surface area contributed by atoms with Crippen molar-refractivity contribution in [1.29, 1.82) is 5.26 Å². The normalized spacial score (nSPS) is 32.9. The molecule has 2 unspecified atom stereocenters. The van der Waals surface area contributed by atoms with Gasteiger partial charge in [-0.1, -0.05) is 0 Å². The number of hydrogen-bond acceptors (Lipinski definition) is 7. The van der Waals surface area contributed by atoms with Gasteiger partial charge in [0.25, 0.3) is 5.91 Å². The predicted molar refractivity (Wildman–Crippen MR) is 132 cm³/mol. The monoisotopic (exact) mass is 490 g/mol. The molecule has 4 bridgehead atoms. The number of amides is 1. The van der Waals surface area contributed by atoms with Gasteiger partial charge in [-0.25, -0.2) is 14.4 Å². The molecule has 9 heteroatoms. The molecule has 1 amide bonds. The number of rotatable bonds is 4. The first-order valence-corrected chi connectivity index (χ1v) is 12.9. The molecule has 5 fully saturated rings. The molecule has 188 valence electrons. The minimum atomic E-state index is -0.529. The number of hydrogen-bond donors (Lipinski definition) is 2. The summed E-state index contributed by atoms with van der Waals surface area (Å²) in [5.41, 5.74) is 0.602. The lowest BCUT2D eigenvalue weighted by atomic mass is 9.52. The molecule has 8 nitrogen and oxygen atoms in total. The van der Waals surface area contributed by atoms with Gasteiger partial charge < -0.3 is 20.2 Å². The van der Waals surface area contributed by atoms with Crippen molar-refractivity contribution in [2.75, 3.05) is 29.4 Å². The van der Waals surface area contributed by atoms with Crippen LogP contribution < -0.4 is 15.1 Å². The zero-order valence-electron chi connectivity index (χ0n) is 20.4. The highest BCUT2D eigenvalue weighted by Crippen LogP contribution is 2.55. The fraction of sp³-hybridized carbons (Fsp3) is 0.556. The number of nitriles is 1. The number of anilines is 2. The molecule has 1 saturated heterocycles. The highest BCUT2D eigenvalue weighted by molar-refractivity contribution is 5.92. The van der Waals surface area contributed by atoms with Gasteiger partial charge in [0.15, 0.2) is 0 Å². The molecular weight excluding hydrogens is 459 g/mol. The van der Waals surface area contributed by atoms with Crippen molar-refractivity contribution in [1.82, 2.24) is 15.3 Å². The Morgan fingerprint density at radius 2 is 2.00 bits per heavy atom. The number of nitrogens with zero attached hydrogens (tertiary/aromatic N) is 5. The lowest BCUT2D eigenvalue weighted by molar-refractivity contribution is -0.136. The zero-order valence-corrected chi connectivity index (χ0v) is 20.4. The number of halogens is 1. The van der Waals surface area contributed by atoms with Crippen LogP contribution in [0.1, 0.15) is 55.1 Å². The van der Waals surface area contributed by atoms with Crippen molar-refractivity contribution in [3.63, 3.8) is 0 Å². The molecule has 1 aromatic carbocycles. The van der Waals surface area contributed by atoms with Crippen LogP contribution in [0.3, 0.4) is 0 Å². The molecule has 0 spiro atoms. The van der Waals surface area contributed by atoms with Gasteiger partial charge in [0.1, 0.15) is 11.5 Å². The van der Waals surface area contributed by atoms with Crippen LogP contribution in [0, 0.1) is 34.9 Å². The van der Waals surface area contributed by atoms with Crippen molar-refractivity contribution < 1.29 is 14.3 Å². The molecule has 36 heavy (non-hydrogen) atoms. The van der Waals surface area contributed by atoms with E-state index in [9.17, 15) is 14.3 Å². The van der Waals surface area contributed by atoms with Crippen LogP contribution in [-0.4, -0.2) is 58.3 Å². The molecule has 3 atom stereocenters.